The summed E-state index contributed by atoms with van der Waals surface area (Å²) < 4.78 is 0. The number of hydrogen-bond acceptors (Lipinski definition) is 10. The Bertz CT molecular complexity index is 952. The second-order valence-corrected chi connectivity index (χ2v) is 4.82. The maximum atomic E-state index is 4.27. The Hall–Kier alpha value is -4.08. The standard InChI is InChI=1S/C16H10N10/c1-5-17-13(18-6-1)15-21-9-3-11(23-15)25-26-12-4-10-22-16(24-12)14-19-7-2-8-20-14/h1-10H. The Kier molecular flexibility index (Phi) is 4.29. The Labute approximate surface area is 147 Å². The lowest BCUT2D eigenvalue weighted by Crippen LogP contribution is -1.93. The molecule has 4 aromatic heterocycles. The molecule has 0 unspecified atom stereocenters. The first-order valence-electron chi connectivity index (χ1n) is 7.51. The van der Waals surface area contributed by atoms with Crippen LogP contribution in [-0.4, -0.2) is 39.9 Å². The number of hydrogen-bond donors (Lipinski definition) is 0. The average molecular weight is 342 g/mol. The minimum absolute atomic E-state index is 0.360. The van der Waals surface area contributed by atoms with Crippen molar-refractivity contribution in [3.05, 3.63) is 61.4 Å². The first-order chi connectivity index (χ1) is 12.9. The van der Waals surface area contributed by atoms with Crippen molar-refractivity contribution in [1.29, 1.82) is 0 Å². The molecule has 0 bridgehead atoms. The molecule has 0 saturated carbocycles. The van der Waals surface area contributed by atoms with E-state index in [0.29, 0.717) is 34.9 Å². The Balaban J connectivity index is 1.59. The molecule has 0 spiro atoms. The highest BCUT2D eigenvalue weighted by molar-refractivity contribution is 5.46. The van der Waals surface area contributed by atoms with E-state index in [1.165, 1.54) is 0 Å². The number of azo groups is 1. The maximum absolute atomic E-state index is 4.27. The van der Waals surface area contributed by atoms with Gasteiger partial charge in [-0.15, -0.1) is 10.2 Å². The third-order valence-electron chi connectivity index (χ3n) is 3.07. The second-order valence-electron chi connectivity index (χ2n) is 4.82. The minimum atomic E-state index is 0.360. The number of aromatic nitrogens is 8. The van der Waals surface area contributed by atoms with Crippen molar-refractivity contribution in [3.8, 4) is 23.3 Å². The van der Waals surface area contributed by atoms with Crippen molar-refractivity contribution < 1.29 is 0 Å². The highest BCUT2D eigenvalue weighted by Crippen LogP contribution is 2.18. The molecular formula is C16H10N10. The average Bonchev–Trinajstić information content (AvgIpc) is 2.74. The molecule has 10 heteroatoms. The van der Waals surface area contributed by atoms with Gasteiger partial charge in [0, 0.05) is 49.3 Å². The smallest absolute Gasteiger partial charge is 0.199 e. The first kappa shape index (κ1) is 15.4. The summed E-state index contributed by atoms with van der Waals surface area (Å²) in [7, 11) is 0. The Morgan fingerprint density at radius 3 is 1.27 bits per heavy atom. The molecule has 0 radical (unpaired) electrons. The summed E-state index contributed by atoms with van der Waals surface area (Å²) in [4.78, 5) is 33.3. The molecule has 0 N–H and O–H groups in total. The molecule has 0 saturated heterocycles. The molecule has 124 valence electrons. The summed E-state index contributed by atoms with van der Waals surface area (Å²) >= 11 is 0. The van der Waals surface area contributed by atoms with Crippen molar-refractivity contribution >= 4 is 11.6 Å². The fourth-order valence-corrected chi connectivity index (χ4v) is 1.96. The number of rotatable bonds is 4. The summed E-state index contributed by atoms with van der Waals surface area (Å²) in [5.41, 5.74) is 0. The SMILES string of the molecule is c1cnc(-c2nccc(N=Nc3ccnc(-c4ncccn4)n3)n2)nc1. The van der Waals surface area contributed by atoms with E-state index in [9.17, 15) is 0 Å². The van der Waals surface area contributed by atoms with Gasteiger partial charge in [0.1, 0.15) is 0 Å². The number of nitrogens with zero attached hydrogens (tertiary/aromatic N) is 10. The quantitative estimate of drug-likeness (QED) is 0.518. The van der Waals surface area contributed by atoms with E-state index in [2.05, 4.69) is 50.1 Å². The minimum Gasteiger partial charge on any atom is -0.234 e. The molecule has 4 heterocycles. The zero-order chi connectivity index (χ0) is 17.6. The van der Waals surface area contributed by atoms with E-state index in [1.807, 2.05) is 0 Å². The van der Waals surface area contributed by atoms with E-state index in [4.69, 9.17) is 0 Å². The van der Waals surface area contributed by atoms with E-state index >= 15 is 0 Å². The zero-order valence-corrected chi connectivity index (χ0v) is 13.2. The molecule has 4 aromatic rings. The monoisotopic (exact) mass is 342 g/mol. The van der Waals surface area contributed by atoms with Gasteiger partial charge in [0.25, 0.3) is 0 Å². The van der Waals surface area contributed by atoms with Crippen LogP contribution in [0.2, 0.25) is 0 Å². The molecule has 26 heavy (non-hydrogen) atoms. The van der Waals surface area contributed by atoms with Crippen LogP contribution in [0.5, 0.6) is 0 Å². The third kappa shape index (κ3) is 3.53. The van der Waals surface area contributed by atoms with E-state index in [-0.39, 0.29) is 0 Å². The topological polar surface area (TPSA) is 128 Å². The summed E-state index contributed by atoms with van der Waals surface area (Å²) in [5, 5.41) is 8.17. The zero-order valence-electron chi connectivity index (χ0n) is 13.2. The van der Waals surface area contributed by atoms with E-state index in [1.54, 1.807) is 61.4 Å². The molecule has 4 rings (SSSR count). The summed E-state index contributed by atoms with van der Waals surface area (Å²) in [6.07, 6.45) is 9.61. The van der Waals surface area contributed by atoms with Crippen LogP contribution in [0.1, 0.15) is 0 Å². The van der Waals surface area contributed by atoms with Crippen LogP contribution in [0.25, 0.3) is 23.3 Å². The van der Waals surface area contributed by atoms with Crippen LogP contribution in [0.4, 0.5) is 11.6 Å². The molecular weight excluding hydrogens is 332 g/mol. The van der Waals surface area contributed by atoms with Gasteiger partial charge >= 0.3 is 0 Å². The van der Waals surface area contributed by atoms with Crippen LogP contribution < -0.4 is 0 Å². The van der Waals surface area contributed by atoms with Gasteiger partial charge in [-0.1, -0.05) is 0 Å². The van der Waals surface area contributed by atoms with Gasteiger partial charge in [-0.2, -0.15) is 0 Å². The van der Waals surface area contributed by atoms with Crippen LogP contribution in [0, 0.1) is 0 Å². The fourth-order valence-electron chi connectivity index (χ4n) is 1.96. The fraction of sp³-hybridized carbons (Fsp3) is 0. The Morgan fingerprint density at radius 2 is 0.846 bits per heavy atom. The van der Waals surface area contributed by atoms with Crippen molar-refractivity contribution in [1.82, 2.24) is 39.9 Å². The largest absolute Gasteiger partial charge is 0.234 e. The highest BCUT2D eigenvalue weighted by atomic mass is 15.2. The summed E-state index contributed by atoms with van der Waals surface area (Å²) in [6, 6.07) is 6.68. The summed E-state index contributed by atoms with van der Waals surface area (Å²) in [5.74, 6) is 2.27. The van der Waals surface area contributed by atoms with E-state index < -0.39 is 0 Å². The normalized spacial score (nSPS) is 10.9. The molecule has 0 aliphatic heterocycles. The van der Waals surface area contributed by atoms with Crippen molar-refractivity contribution in [2.45, 2.75) is 0 Å². The van der Waals surface area contributed by atoms with Crippen LogP contribution in [0.15, 0.2) is 71.7 Å². The first-order valence-corrected chi connectivity index (χ1v) is 7.51. The third-order valence-corrected chi connectivity index (χ3v) is 3.07. The van der Waals surface area contributed by atoms with Gasteiger partial charge in [0.2, 0.25) is 0 Å². The lowest BCUT2D eigenvalue weighted by Gasteiger charge is -1.99. The Morgan fingerprint density at radius 1 is 0.462 bits per heavy atom. The maximum Gasteiger partial charge on any atom is 0.199 e. The molecule has 0 fully saturated rings. The van der Waals surface area contributed by atoms with Gasteiger partial charge in [-0.3, -0.25) is 0 Å². The van der Waals surface area contributed by atoms with Gasteiger partial charge < -0.3 is 0 Å². The van der Waals surface area contributed by atoms with Crippen LogP contribution in [-0.2, 0) is 0 Å². The van der Waals surface area contributed by atoms with Gasteiger partial charge in [-0.05, 0) is 12.1 Å². The lowest BCUT2D eigenvalue weighted by molar-refractivity contribution is 1.03. The van der Waals surface area contributed by atoms with Crippen LogP contribution in [0.3, 0.4) is 0 Å². The lowest BCUT2D eigenvalue weighted by atomic mass is 10.5. The van der Waals surface area contributed by atoms with E-state index in [0.717, 1.165) is 0 Å². The highest BCUT2D eigenvalue weighted by Gasteiger charge is 2.06. The predicted molar refractivity (Wildman–Crippen MR) is 90.3 cm³/mol. The van der Waals surface area contributed by atoms with Crippen molar-refractivity contribution in [2.24, 2.45) is 10.2 Å². The van der Waals surface area contributed by atoms with Gasteiger partial charge in [-0.25, -0.2) is 39.9 Å². The molecule has 0 aliphatic carbocycles. The predicted octanol–water partition coefficient (Wildman–Crippen LogP) is 2.60. The molecule has 0 amide bonds. The van der Waals surface area contributed by atoms with Crippen molar-refractivity contribution in [3.63, 3.8) is 0 Å². The van der Waals surface area contributed by atoms with Gasteiger partial charge in [0.15, 0.2) is 34.9 Å². The second kappa shape index (κ2) is 7.21. The summed E-state index contributed by atoms with van der Waals surface area (Å²) in [6.45, 7) is 0. The van der Waals surface area contributed by atoms with Gasteiger partial charge in [0.05, 0.1) is 0 Å². The molecule has 10 nitrogen and oxygen atoms in total. The molecule has 0 aliphatic rings. The van der Waals surface area contributed by atoms with Crippen LogP contribution >= 0.6 is 0 Å². The molecule has 0 atom stereocenters. The molecule has 0 aromatic carbocycles. The van der Waals surface area contributed by atoms with Crippen molar-refractivity contribution in [2.75, 3.05) is 0 Å².